The number of nitrogens with zero attached hydrogens (tertiary/aromatic N) is 2. The average molecular weight is 193 g/mol. The minimum atomic E-state index is -4.56. The van der Waals surface area contributed by atoms with Gasteiger partial charge in [0.05, 0.1) is 18.5 Å². The van der Waals surface area contributed by atoms with E-state index in [0.29, 0.717) is 12.5 Å². The zero-order valence-electron chi connectivity index (χ0n) is 6.38. The van der Waals surface area contributed by atoms with E-state index < -0.39 is 12.2 Å². The first-order valence-electron chi connectivity index (χ1n) is 3.27. The Balaban J connectivity index is 2.85. The Hall–Kier alpha value is -1.53. The molecular formula is C6H6F3N3O. The number of hydrogen-bond acceptors (Lipinski definition) is 3. The predicted molar refractivity (Wildman–Crippen MR) is 38.5 cm³/mol. The normalized spacial score (nSPS) is 17.2. The second-order valence-electron chi connectivity index (χ2n) is 2.35. The molecule has 72 valence electrons. The summed E-state index contributed by atoms with van der Waals surface area (Å²) in [4.78, 5) is 13.7. The highest BCUT2D eigenvalue weighted by Gasteiger charge is 2.35. The van der Waals surface area contributed by atoms with Crippen molar-refractivity contribution in [1.82, 2.24) is 4.90 Å². The van der Waals surface area contributed by atoms with Crippen LogP contribution in [-0.4, -0.2) is 30.0 Å². The third kappa shape index (κ3) is 2.20. The average Bonchev–Trinajstić information content (AvgIpc) is 2.03. The number of amides is 1. The molecule has 0 saturated heterocycles. The van der Waals surface area contributed by atoms with Gasteiger partial charge in [0.2, 0.25) is 5.91 Å². The Morgan fingerprint density at radius 2 is 2.23 bits per heavy atom. The molecule has 2 N–H and O–H groups in total. The van der Waals surface area contributed by atoms with E-state index >= 15 is 0 Å². The maximum Gasteiger partial charge on any atom is 0.489 e. The van der Waals surface area contributed by atoms with Gasteiger partial charge in [-0.05, 0) is 0 Å². The molecule has 1 heterocycles. The van der Waals surface area contributed by atoms with Crippen LogP contribution in [0.1, 0.15) is 0 Å². The lowest BCUT2D eigenvalue weighted by atomic mass is 10.2. The minimum Gasteiger partial charge on any atom is -0.366 e. The number of hydrogen-bond donors (Lipinski definition) is 1. The predicted octanol–water partition coefficient (Wildman–Crippen LogP) is 0.219. The van der Waals surface area contributed by atoms with Gasteiger partial charge >= 0.3 is 6.30 Å². The highest BCUT2D eigenvalue weighted by Crippen LogP contribution is 2.22. The molecule has 0 radical (unpaired) electrons. The maximum atomic E-state index is 12.0. The first kappa shape index (κ1) is 9.56. The summed E-state index contributed by atoms with van der Waals surface area (Å²) in [6.07, 6.45) is -3.33. The van der Waals surface area contributed by atoms with Crippen LogP contribution in [0.15, 0.2) is 16.8 Å². The fourth-order valence-electron chi connectivity index (χ4n) is 0.749. The highest BCUT2D eigenvalue weighted by atomic mass is 19.4. The fraction of sp³-hybridized carbons (Fsp3) is 0.333. The fourth-order valence-corrected chi connectivity index (χ4v) is 0.749. The van der Waals surface area contributed by atoms with Crippen LogP contribution in [0.25, 0.3) is 0 Å². The minimum absolute atomic E-state index is 0.109. The lowest BCUT2D eigenvalue weighted by molar-refractivity contribution is -0.200. The van der Waals surface area contributed by atoms with E-state index in [1.165, 1.54) is 0 Å². The summed E-state index contributed by atoms with van der Waals surface area (Å²) < 4.78 is 36.0. The van der Waals surface area contributed by atoms with E-state index in [2.05, 4.69) is 4.99 Å². The molecule has 1 aliphatic heterocycles. The third-order valence-corrected chi connectivity index (χ3v) is 1.37. The van der Waals surface area contributed by atoms with Crippen molar-refractivity contribution >= 4 is 12.2 Å². The van der Waals surface area contributed by atoms with Crippen LogP contribution in [0.5, 0.6) is 0 Å². The molecule has 0 unspecified atom stereocenters. The van der Waals surface area contributed by atoms with Gasteiger partial charge in [-0.1, -0.05) is 0 Å². The van der Waals surface area contributed by atoms with Crippen molar-refractivity contribution in [2.75, 3.05) is 6.54 Å². The second-order valence-corrected chi connectivity index (χ2v) is 2.35. The quantitative estimate of drug-likeness (QED) is 0.605. The number of primary amides is 1. The van der Waals surface area contributed by atoms with Crippen LogP contribution in [-0.2, 0) is 4.79 Å². The van der Waals surface area contributed by atoms with Gasteiger partial charge in [0.15, 0.2) is 0 Å². The van der Waals surface area contributed by atoms with Crippen molar-refractivity contribution < 1.29 is 18.0 Å². The summed E-state index contributed by atoms with van der Waals surface area (Å²) in [5.74, 6) is -0.897. The van der Waals surface area contributed by atoms with Crippen LogP contribution in [0.3, 0.4) is 0 Å². The molecule has 0 aliphatic carbocycles. The van der Waals surface area contributed by atoms with Crippen molar-refractivity contribution in [1.29, 1.82) is 0 Å². The van der Waals surface area contributed by atoms with Gasteiger partial charge in [-0.3, -0.25) is 9.79 Å². The maximum absolute atomic E-state index is 12.0. The van der Waals surface area contributed by atoms with Gasteiger partial charge in [-0.2, -0.15) is 0 Å². The molecule has 1 amide bonds. The Kier molecular flexibility index (Phi) is 2.26. The van der Waals surface area contributed by atoms with Crippen molar-refractivity contribution in [2.24, 2.45) is 10.7 Å². The van der Waals surface area contributed by atoms with Gasteiger partial charge in [-0.25, -0.2) is 4.90 Å². The SMILES string of the molecule is NC(=O)C1=CN(C(F)(F)F)C=NC1. The number of alkyl halides is 3. The van der Waals surface area contributed by atoms with Crippen molar-refractivity contribution in [3.63, 3.8) is 0 Å². The van der Waals surface area contributed by atoms with Gasteiger partial charge in [0.25, 0.3) is 0 Å². The molecule has 0 atom stereocenters. The summed E-state index contributed by atoms with van der Waals surface area (Å²) in [5, 5.41) is 0. The summed E-state index contributed by atoms with van der Waals surface area (Å²) in [5.41, 5.74) is 4.63. The van der Waals surface area contributed by atoms with E-state index in [1.807, 2.05) is 0 Å². The summed E-state index contributed by atoms with van der Waals surface area (Å²) >= 11 is 0. The largest absolute Gasteiger partial charge is 0.489 e. The molecule has 0 fully saturated rings. The summed E-state index contributed by atoms with van der Waals surface area (Å²) in [7, 11) is 0. The lowest BCUT2D eigenvalue weighted by Gasteiger charge is -2.21. The molecule has 0 aromatic rings. The van der Waals surface area contributed by atoms with Crippen LogP contribution in [0, 0.1) is 0 Å². The Bertz CT molecular complexity index is 281. The van der Waals surface area contributed by atoms with E-state index in [4.69, 9.17) is 5.73 Å². The number of rotatable bonds is 1. The number of carbonyl (C=O) groups excluding carboxylic acids is 1. The molecule has 4 nitrogen and oxygen atoms in total. The van der Waals surface area contributed by atoms with Crippen LogP contribution < -0.4 is 5.73 Å². The zero-order valence-corrected chi connectivity index (χ0v) is 6.38. The van der Waals surface area contributed by atoms with Crippen molar-refractivity contribution in [3.8, 4) is 0 Å². The molecule has 1 rings (SSSR count). The van der Waals surface area contributed by atoms with Crippen LogP contribution in [0.4, 0.5) is 13.2 Å². The molecule has 0 bridgehead atoms. The zero-order chi connectivity index (χ0) is 10.1. The van der Waals surface area contributed by atoms with E-state index in [0.717, 1.165) is 0 Å². The van der Waals surface area contributed by atoms with E-state index in [9.17, 15) is 18.0 Å². The molecule has 0 aromatic carbocycles. The van der Waals surface area contributed by atoms with Crippen LogP contribution >= 0.6 is 0 Å². The topological polar surface area (TPSA) is 58.7 Å². The first-order valence-corrected chi connectivity index (χ1v) is 3.27. The number of carbonyl (C=O) groups is 1. The standard InChI is InChI=1S/C6H6F3N3O/c7-6(8,9)12-2-4(5(10)13)1-11-3-12/h2-3H,1H2,(H2,10,13). The number of aliphatic imine (C=N–C) groups is 1. The lowest BCUT2D eigenvalue weighted by Crippen LogP contribution is -2.36. The van der Waals surface area contributed by atoms with E-state index in [1.54, 1.807) is 0 Å². The molecule has 0 aromatic heterocycles. The molecule has 1 aliphatic rings. The van der Waals surface area contributed by atoms with Gasteiger partial charge in [0.1, 0.15) is 0 Å². The first-order chi connectivity index (χ1) is 5.91. The van der Waals surface area contributed by atoms with Crippen LogP contribution in [0.2, 0.25) is 0 Å². The smallest absolute Gasteiger partial charge is 0.366 e. The second kappa shape index (κ2) is 3.08. The Morgan fingerprint density at radius 1 is 1.62 bits per heavy atom. The summed E-state index contributed by atoms with van der Waals surface area (Å²) in [6, 6.07) is 0. The molecular weight excluding hydrogens is 187 g/mol. The highest BCUT2D eigenvalue weighted by molar-refractivity contribution is 5.93. The van der Waals surface area contributed by atoms with Gasteiger partial charge < -0.3 is 5.73 Å². The Morgan fingerprint density at radius 3 is 2.69 bits per heavy atom. The molecule has 13 heavy (non-hydrogen) atoms. The monoisotopic (exact) mass is 193 g/mol. The third-order valence-electron chi connectivity index (χ3n) is 1.37. The van der Waals surface area contributed by atoms with Crippen molar-refractivity contribution in [3.05, 3.63) is 11.8 Å². The van der Waals surface area contributed by atoms with Crippen molar-refractivity contribution in [2.45, 2.75) is 6.30 Å². The molecule has 0 saturated carbocycles. The number of nitrogens with two attached hydrogens (primary N) is 1. The van der Waals surface area contributed by atoms with Gasteiger partial charge in [-0.15, -0.1) is 13.2 Å². The molecule has 7 heteroatoms. The van der Waals surface area contributed by atoms with E-state index in [-0.39, 0.29) is 17.0 Å². The van der Waals surface area contributed by atoms with Gasteiger partial charge in [0, 0.05) is 6.20 Å². The summed E-state index contributed by atoms with van der Waals surface area (Å²) in [6.45, 7) is -0.109. The Labute approximate surface area is 71.5 Å². The molecule has 0 spiro atoms. The number of halogens is 3.